The molecule has 0 aliphatic heterocycles. The van der Waals surface area contributed by atoms with Gasteiger partial charge in [0.05, 0.1) is 34.4 Å². The molecule has 406 valence electrons. The number of esters is 2. The van der Waals surface area contributed by atoms with Crippen LogP contribution in [0.5, 0.6) is 0 Å². The molecule has 0 aliphatic carbocycles. The second kappa shape index (κ2) is 53.0. The van der Waals surface area contributed by atoms with Gasteiger partial charge in [0.1, 0.15) is 13.2 Å². The summed E-state index contributed by atoms with van der Waals surface area (Å²) in [6.07, 6.45) is 77.3. The molecule has 1 N–H and O–H groups in total. The number of carbonyl (C=O) groups is 3. The lowest BCUT2D eigenvalue weighted by Crippen LogP contribution is -2.40. The second-order valence-electron chi connectivity index (χ2n) is 18.4. The minimum Gasteiger partial charge on any atom is -0.477 e. The maximum absolute atomic E-state index is 12.8. The van der Waals surface area contributed by atoms with Gasteiger partial charge >= 0.3 is 17.9 Å². The van der Waals surface area contributed by atoms with Gasteiger partial charge in [-0.05, 0) is 128 Å². The molecule has 0 saturated carbocycles. The highest BCUT2D eigenvalue weighted by atomic mass is 16.7. The first kappa shape index (κ1) is 67.6. The molecule has 2 atom stereocenters. The van der Waals surface area contributed by atoms with Crippen LogP contribution in [0, 0.1) is 0 Å². The van der Waals surface area contributed by atoms with Crippen molar-refractivity contribution in [1.82, 2.24) is 0 Å². The molecule has 0 aromatic carbocycles. The van der Waals surface area contributed by atoms with Gasteiger partial charge in [0, 0.05) is 12.8 Å². The highest BCUT2D eigenvalue weighted by molar-refractivity contribution is 5.71. The van der Waals surface area contributed by atoms with Crippen LogP contribution in [-0.2, 0) is 33.3 Å². The number of carboxylic acids is 1. The van der Waals surface area contributed by atoms with Crippen molar-refractivity contribution in [2.45, 2.75) is 167 Å². The number of hydrogen-bond donors (Lipinski definition) is 1. The Kier molecular flexibility index (Phi) is 49.1. The first-order chi connectivity index (χ1) is 35.6. The van der Waals surface area contributed by atoms with E-state index >= 15 is 0 Å². The Morgan fingerprint density at radius 2 is 0.726 bits per heavy atom. The van der Waals surface area contributed by atoms with Gasteiger partial charge in [-0.3, -0.25) is 9.59 Å². The van der Waals surface area contributed by atoms with Gasteiger partial charge in [0.2, 0.25) is 0 Å². The first-order valence-electron chi connectivity index (χ1n) is 27.3. The Labute approximate surface area is 444 Å². The number of unbranched alkanes of at least 4 members (excludes halogenated alkanes) is 4. The fraction of sp³-hybridized carbons (Fsp3) is 0.516. The molecule has 0 rings (SSSR count). The Bertz CT molecular complexity index is 1790. The third-order valence-electron chi connectivity index (χ3n) is 10.5. The number of hydrogen-bond acceptors (Lipinski definition) is 7. The van der Waals surface area contributed by atoms with E-state index in [2.05, 4.69) is 184 Å². The van der Waals surface area contributed by atoms with E-state index in [1.165, 1.54) is 0 Å². The summed E-state index contributed by atoms with van der Waals surface area (Å²) < 4.78 is 22.7. The summed E-state index contributed by atoms with van der Waals surface area (Å²) >= 11 is 0. The molecule has 0 radical (unpaired) electrons. The lowest BCUT2D eigenvalue weighted by molar-refractivity contribution is -0.870. The van der Waals surface area contributed by atoms with E-state index in [0.717, 1.165) is 116 Å². The monoisotopic (exact) mass is 1010 g/mol. The highest BCUT2D eigenvalue weighted by Gasteiger charge is 2.25. The van der Waals surface area contributed by atoms with Crippen molar-refractivity contribution in [3.8, 4) is 0 Å². The number of quaternary nitrogens is 1. The summed E-state index contributed by atoms with van der Waals surface area (Å²) in [6.45, 7) is 4.50. The largest absolute Gasteiger partial charge is 0.477 e. The zero-order valence-corrected chi connectivity index (χ0v) is 46.0. The number of ether oxygens (including phenoxy) is 4. The Hall–Kier alpha value is -5.35. The standard InChI is InChI=1S/C64H97NO8/c1-6-8-10-12-14-16-18-20-22-23-24-25-26-27-28-29-30-31-32-33-34-35-36-37-38-39-41-43-45-47-49-51-53-55-62(67)73-60(59-72-64(63(68)69)70-57-56-65(3,4)5)58-71-61(66)54-52-50-48-46-44-42-40-21-19-17-15-13-11-9-7-2/h8-11,14-17,20-22,24-25,27-28,30-31,33-34,36-37,39-41,44-47,60,64H,6-7,12-13,18-19,23,26,29,32,35,38,42-43,48-59H2,1-5H3/p+1/b10-8-,11-9-,16-14-,17-15-,22-20-,25-24-,28-27-,31-30-,34-33-,37-36-,40-21-,41-39-,46-44-,47-45-. The van der Waals surface area contributed by atoms with Gasteiger partial charge in [-0.1, -0.05) is 184 Å². The zero-order valence-electron chi connectivity index (χ0n) is 46.0. The minimum absolute atomic E-state index is 0.161. The van der Waals surface area contributed by atoms with E-state index in [4.69, 9.17) is 18.9 Å². The van der Waals surface area contributed by atoms with Crippen molar-refractivity contribution < 1.29 is 42.9 Å². The molecular formula is C64H98NO8+. The lowest BCUT2D eigenvalue weighted by Gasteiger charge is -2.25. The van der Waals surface area contributed by atoms with Gasteiger partial charge in [0.15, 0.2) is 6.10 Å². The van der Waals surface area contributed by atoms with E-state index < -0.39 is 30.3 Å². The van der Waals surface area contributed by atoms with Crippen molar-refractivity contribution in [3.05, 3.63) is 170 Å². The summed E-state index contributed by atoms with van der Waals surface area (Å²) in [5.74, 6) is -2.15. The van der Waals surface area contributed by atoms with Crippen LogP contribution < -0.4 is 0 Å². The fourth-order valence-electron chi connectivity index (χ4n) is 6.32. The molecule has 0 bridgehead atoms. The van der Waals surface area contributed by atoms with Gasteiger partial charge in [0.25, 0.3) is 6.29 Å². The maximum atomic E-state index is 12.8. The second-order valence-corrected chi connectivity index (χ2v) is 18.4. The molecule has 0 aromatic heterocycles. The number of carboxylic acid groups (broad SMARTS) is 1. The van der Waals surface area contributed by atoms with E-state index in [1.54, 1.807) is 0 Å². The molecule has 0 spiro atoms. The van der Waals surface area contributed by atoms with Crippen molar-refractivity contribution in [1.29, 1.82) is 0 Å². The summed E-state index contributed by atoms with van der Waals surface area (Å²) in [6, 6.07) is 0. The molecule has 73 heavy (non-hydrogen) atoms. The third kappa shape index (κ3) is 54.3. The van der Waals surface area contributed by atoms with Crippen LogP contribution in [0.1, 0.15) is 155 Å². The summed E-state index contributed by atoms with van der Waals surface area (Å²) in [4.78, 5) is 37.3. The lowest BCUT2D eigenvalue weighted by atomic mass is 10.1. The van der Waals surface area contributed by atoms with Crippen molar-refractivity contribution in [3.63, 3.8) is 0 Å². The van der Waals surface area contributed by atoms with Gasteiger partial charge in [-0.15, -0.1) is 0 Å². The number of allylic oxidation sites excluding steroid dienone is 28. The van der Waals surface area contributed by atoms with E-state index in [-0.39, 0.29) is 32.7 Å². The number of nitrogens with zero attached hydrogens (tertiary/aromatic N) is 1. The summed E-state index contributed by atoms with van der Waals surface area (Å²) in [5.41, 5.74) is 0. The van der Waals surface area contributed by atoms with Crippen LogP contribution in [0.2, 0.25) is 0 Å². The molecule has 0 amide bonds. The van der Waals surface area contributed by atoms with Crippen LogP contribution in [0.25, 0.3) is 0 Å². The van der Waals surface area contributed by atoms with Crippen molar-refractivity contribution in [2.24, 2.45) is 0 Å². The third-order valence-corrected chi connectivity index (χ3v) is 10.5. The summed E-state index contributed by atoms with van der Waals surface area (Å²) in [7, 11) is 5.91. The molecular weight excluding hydrogens is 911 g/mol. The highest BCUT2D eigenvalue weighted by Crippen LogP contribution is 2.10. The molecule has 2 unspecified atom stereocenters. The normalized spacial score (nSPS) is 14.2. The number of carbonyl (C=O) groups excluding carboxylic acids is 2. The molecule has 0 fully saturated rings. The number of rotatable bonds is 47. The Balaban J connectivity index is 4.44. The first-order valence-corrected chi connectivity index (χ1v) is 27.3. The number of likely N-dealkylation sites (N-methyl/N-ethyl adjacent to an activating group) is 1. The average molecular weight is 1010 g/mol. The molecule has 9 heteroatoms. The van der Waals surface area contributed by atoms with Crippen molar-refractivity contribution >= 4 is 17.9 Å². The SMILES string of the molecule is CC/C=C\C/C=C\C/C=C\C/C=C\C/C=C\C/C=C\C/C=C\C/C=C\C/C=C\C/C=C\CCCCC(=O)OC(COC(=O)CCCC/C=C\C/C=C\C/C=C\C/C=C\CC)COC(OCC[N+](C)(C)C)C(=O)O. The number of aliphatic carboxylic acids is 1. The van der Waals surface area contributed by atoms with Gasteiger partial charge in [-0.25, -0.2) is 4.79 Å². The zero-order chi connectivity index (χ0) is 53.4. The van der Waals surface area contributed by atoms with E-state index in [9.17, 15) is 19.5 Å². The van der Waals surface area contributed by atoms with E-state index in [0.29, 0.717) is 23.9 Å². The summed E-state index contributed by atoms with van der Waals surface area (Å²) in [5, 5.41) is 9.67. The molecule has 0 heterocycles. The van der Waals surface area contributed by atoms with Crippen molar-refractivity contribution in [2.75, 3.05) is 47.5 Å². The van der Waals surface area contributed by atoms with Crippen LogP contribution in [0.3, 0.4) is 0 Å². The minimum atomic E-state index is -1.54. The predicted molar refractivity (Wildman–Crippen MR) is 308 cm³/mol. The van der Waals surface area contributed by atoms with E-state index in [1.807, 2.05) is 21.1 Å². The molecule has 0 aromatic rings. The van der Waals surface area contributed by atoms with Crippen LogP contribution in [0.15, 0.2) is 170 Å². The predicted octanol–water partition coefficient (Wildman–Crippen LogP) is 16.0. The smallest absolute Gasteiger partial charge is 0.361 e. The molecule has 9 nitrogen and oxygen atoms in total. The van der Waals surface area contributed by atoms with Crippen LogP contribution in [0.4, 0.5) is 0 Å². The fourth-order valence-corrected chi connectivity index (χ4v) is 6.32. The van der Waals surface area contributed by atoms with Crippen LogP contribution in [-0.4, -0.2) is 87.4 Å². The maximum Gasteiger partial charge on any atom is 0.361 e. The quantitative estimate of drug-likeness (QED) is 0.0211. The van der Waals surface area contributed by atoms with Gasteiger partial charge < -0.3 is 28.5 Å². The topological polar surface area (TPSA) is 108 Å². The van der Waals surface area contributed by atoms with Crippen LogP contribution >= 0.6 is 0 Å². The Morgan fingerprint density at radius 3 is 1.04 bits per heavy atom. The molecule has 0 aliphatic rings. The Morgan fingerprint density at radius 1 is 0.411 bits per heavy atom. The average Bonchev–Trinajstić information content (AvgIpc) is 3.36. The molecule has 0 saturated heterocycles. The van der Waals surface area contributed by atoms with Gasteiger partial charge in [-0.2, -0.15) is 0 Å².